The van der Waals surface area contributed by atoms with Crippen molar-refractivity contribution in [2.24, 2.45) is 5.73 Å². The van der Waals surface area contributed by atoms with Crippen molar-refractivity contribution < 1.29 is 34.1 Å². The van der Waals surface area contributed by atoms with E-state index >= 15 is 0 Å². The number of hydrogen-bond acceptors (Lipinski definition) is 9. The Balaban J connectivity index is 2.72. The number of nitrogens with zero attached hydrogens (tertiary/aromatic N) is 1. The molecular formula is C24H30N2O7S. The number of carbonyl (C=O) groups excluding carboxylic acids is 3. The maximum absolute atomic E-state index is 13.4. The van der Waals surface area contributed by atoms with Crippen molar-refractivity contribution in [1.29, 1.82) is 0 Å². The number of aromatic hydroxyl groups is 2. The zero-order chi connectivity index (χ0) is 25.6. The Hall–Kier alpha value is -3.24. The summed E-state index contributed by atoms with van der Waals surface area (Å²) in [7, 11) is 2.67. The number of amides is 1. The summed E-state index contributed by atoms with van der Waals surface area (Å²) in [5.74, 6) is -0.641. The van der Waals surface area contributed by atoms with Gasteiger partial charge in [0.1, 0.15) is 0 Å². The van der Waals surface area contributed by atoms with Crippen LogP contribution in [-0.2, 0) is 11.3 Å². The molecule has 0 aliphatic carbocycles. The number of anilines is 1. The summed E-state index contributed by atoms with van der Waals surface area (Å²) in [6.45, 7) is 4.39. The summed E-state index contributed by atoms with van der Waals surface area (Å²) in [6, 6.07) is 4.63. The molecule has 0 spiro atoms. The van der Waals surface area contributed by atoms with Crippen molar-refractivity contribution in [1.82, 2.24) is 0 Å². The standard InChI is InChI=1S/C24H30N2O7S/c1-6-34-12-18(25)24(31)26(19-8-16(14(3)28)10-21(33-5)23(19)30)11-17-7-15(13(2)27)9-20(32-4)22(17)29/h7-10,18,29-30H,6,11-12,25H2,1-5H3. The van der Waals surface area contributed by atoms with Crippen LogP contribution >= 0.6 is 11.8 Å². The highest BCUT2D eigenvalue weighted by atomic mass is 32.2. The summed E-state index contributed by atoms with van der Waals surface area (Å²) in [6.07, 6.45) is 0. The molecule has 184 valence electrons. The first kappa shape index (κ1) is 27.0. The molecule has 0 saturated carbocycles. The lowest BCUT2D eigenvalue weighted by Crippen LogP contribution is -2.45. The Bertz CT molecular complexity index is 1090. The van der Waals surface area contributed by atoms with Crippen molar-refractivity contribution in [2.45, 2.75) is 33.4 Å². The van der Waals surface area contributed by atoms with Crippen LogP contribution in [0.5, 0.6) is 23.0 Å². The second-order valence-corrected chi connectivity index (χ2v) is 8.85. The van der Waals surface area contributed by atoms with E-state index in [0.717, 1.165) is 5.75 Å². The van der Waals surface area contributed by atoms with Gasteiger partial charge in [0, 0.05) is 22.4 Å². The second kappa shape index (κ2) is 11.8. The molecule has 2 rings (SSSR count). The average molecular weight is 491 g/mol. The molecule has 0 fully saturated rings. The normalized spacial score (nSPS) is 11.6. The molecule has 0 heterocycles. The quantitative estimate of drug-likeness (QED) is 0.405. The van der Waals surface area contributed by atoms with E-state index in [4.69, 9.17) is 15.2 Å². The Morgan fingerprint density at radius 1 is 0.971 bits per heavy atom. The van der Waals surface area contributed by atoms with Crippen LogP contribution < -0.4 is 20.1 Å². The van der Waals surface area contributed by atoms with Gasteiger partial charge in [-0.1, -0.05) is 6.92 Å². The van der Waals surface area contributed by atoms with E-state index in [-0.39, 0.29) is 63.5 Å². The van der Waals surface area contributed by atoms with Gasteiger partial charge in [0.15, 0.2) is 34.6 Å². The van der Waals surface area contributed by atoms with Gasteiger partial charge in [0.25, 0.3) is 0 Å². The van der Waals surface area contributed by atoms with Gasteiger partial charge in [-0.25, -0.2) is 0 Å². The van der Waals surface area contributed by atoms with E-state index in [1.807, 2.05) is 6.92 Å². The van der Waals surface area contributed by atoms with Gasteiger partial charge < -0.3 is 30.3 Å². The van der Waals surface area contributed by atoms with Crippen molar-refractivity contribution in [3.05, 3.63) is 41.0 Å². The summed E-state index contributed by atoms with van der Waals surface area (Å²) >= 11 is 1.47. The lowest BCUT2D eigenvalue weighted by molar-refractivity contribution is -0.119. The van der Waals surface area contributed by atoms with Crippen molar-refractivity contribution in [2.75, 3.05) is 30.6 Å². The molecule has 0 aliphatic heterocycles. The first-order valence-electron chi connectivity index (χ1n) is 10.5. The van der Waals surface area contributed by atoms with Gasteiger partial charge in [-0.2, -0.15) is 11.8 Å². The summed E-state index contributed by atoms with van der Waals surface area (Å²) in [5.41, 5.74) is 6.80. The number of methoxy groups -OCH3 is 2. The SMILES string of the molecule is CCSCC(N)C(=O)N(Cc1cc(C(C)=O)cc(OC)c1O)c1cc(C(C)=O)cc(OC)c1O. The zero-order valence-corrected chi connectivity index (χ0v) is 20.7. The first-order valence-corrected chi connectivity index (χ1v) is 11.7. The Kier molecular flexibility index (Phi) is 9.34. The van der Waals surface area contributed by atoms with Crippen LogP contribution in [0.1, 0.15) is 47.1 Å². The van der Waals surface area contributed by atoms with Crippen LogP contribution in [0, 0.1) is 0 Å². The molecule has 2 aromatic rings. The smallest absolute Gasteiger partial charge is 0.245 e. The number of nitrogens with two attached hydrogens (primary N) is 1. The topological polar surface area (TPSA) is 139 Å². The molecule has 9 nitrogen and oxygen atoms in total. The minimum absolute atomic E-state index is 0.00343. The van der Waals surface area contributed by atoms with Crippen molar-refractivity contribution in [3.63, 3.8) is 0 Å². The summed E-state index contributed by atoms with van der Waals surface area (Å²) in [4.78, 5) is 38.7. The molecule has 1 unspecified atom stereocenters. The number of ether oxygens (including phenoxy) is 2. The zero-order valence-electron chi connectivity index (χ0n) is 19.9. The third-order valence-corrected chi connectivity index (χ3v) is 6.17. The van der Waals surface area contributed by atoms with Crippen LogP contribution in [0.25, 0.3) is 0 Å². The largest absolute Gasteiger partial charge is 0.504 e. The average Bonchev–Trinajstić information content (AvgIpc) is 2.81. The molecule has 0 saturated heterocycles. The lowest BCUT2D eigenvalue weighted by atomic mass is 10.0. The van der Waals surface area contributed by atoms with Crippen LogP contribution in [0.15, 0.2) is 24.3 Å². The molecule has 4 N–H and O–H groups in total. The number of Topliss-reactive ketones (excluding diaryl/α,β-unsaturated/α-hetero) is 2. The third-order valence-electron chi connectivity index (χ3n) is 5.17. The summed E-state index contributed by atoms with van der Waals surface area (Å²) in [5, 5.41) is 21.6. The lowest BCUT2D eigenvalue weighted by Gasteiger charge is -2.28. The highest BCUT2D eigenvalue weighted by Crippen LogP contribution is 2.40. The van der Waals surface area contributed by atoms with E-state index < -0.39 is 11.9 Å². The predicted octanol–water partition coefficient (Wildman–Crippen LogP) is 3.13. The molecule has 0 aromatic heterocycles. The van der Waals surface area contributed by atoms with E-state index in [1.54, 1.807) is 0 Å². The maximum atomic E-state index is 13.4. The minimum atomic E-state index is -0.934. The maximum Gasteiger partial charge on any atom is 0.245 e. The van der Waals surface area contributed by atoms with Gasteiger partial charge in [-0.15, -0.1) is 0 Å². The number of thioether (sulfide) groups is 1. The first-order chi connectivity index (χ1) is 16.0. The number of phenolic OH excluding ortho intramolecular Hbond substituents is 2. The van der Waals surface area contributed by atoms with Gasteiger partial charge in [-0.3, -0.25) is 14.4 Å². The minimum Gasteiger partial charge on any atom is -0.504 e. The van der Waals surface area contributed by atoms with E-state index in [1.165, 1.54) is 69.0 Å². The fourth-order valence-corrected chi connectivity index (χ4v) is 3.90. The molecule has 0 aliphatic rings. The van der Waals surface area contributed by atoms with Gasteiger partial charge in [0.2, 0.25) is 5.91 Å². The van der Waals surface area contributed by atoms with E-state index in [0.29, 0.717) is 5.75 Å². The molecule has 0 radical (unpaired) electrons. The Morgan fingerprint density at radius 3 is 2.00 bits per heavy atom. The summed E-state index contributed by atoms with van der Waals surface area (Å²) < 4.78 is 10.4. The highest BCUT2D eigenvalue weighted by molar-refractivity contribution is 7.99. The number of phenols is 2. The fourth-order valence-electron chi connectivity index (χ4n) is 3.27. The molecule has 34 heavy (non-hydrogen) atoms. The van der Waals surface area contributed by atoms with E-state index in [2.05, 4.69) is 0 Å². The molecule has 1 atom stereocenters. The monoisotopic (exact) mass is 490 g/mol. The predicted molar refractivity (Wildman–Crippen MR) is 131 cm³/mol. The number of hydrogen-bond donors (Lipinski definition) is 3. The van der Waals surface area contributed by atoms with Crippen LogP contribution in [0.2, 0.25) is 0 Å². The Morgan fingerprint density at radius 2 is 1.50 bits per heavy atom. The van der Waals surface area contributed by atoms with Crippen LogP contribution in [0.3, 0.4) is 0 Å². The van der Waals surface area contributed by atoms with Crippen LogP contribution in [0.4, 0.5) is 5.69 Å². The molecular weight excluding hydrogens is 460 g/mol. The number of benzene rings is 2. The van der Waals surface area contributed by atoms with Gasteiger partial charge >= 0.3 is 0 Å². The van der Waals surface area contributed by atoms with Crippen molar-refractivity contribution >= 4 is 34.9 Å². The molecule has 2 aromatic carbocycles. The number of rotatable bonds is 11. The third kappa shape index (κ3) is 6.00. The number of ketones is 2. The van der Waals surface area contributed by atoms with Crippen molar-refractivity contribution in [3.8, 4) is 23.0 Å². The van der Waals surface area contributed by atoms with Gasteiger partial charge in [-0.05, 0) is 43.9 Å². The molecule has 10 heteroatoms. The van der Waals surface area contributed by atoms with Crippen LogP contribution in [-0.4, -0.2) is 59.5 Å². The highest BCUT2D eigenvalue weighted by Gasteiger charge is 2.29. The Labute approximate surface area is 202 Å². The molecule has 1 amide bonds. The van der Waals surface area contributed by atoms with E-state index in [9.17, 15) is 24.6 Å². The second-order valence-electron chi connectivity index (χ2n) is 7.54. The number of carbonyl (C=O) groups is 3. The van der Waals surface area contributed by atoms with Gasteiger partial charge in [0.05, 0.1) is 32.5 Å². The molecule has 0 bridgehead atoms. The fraction of sp³-hybridized carbons (Fsp3) is 0.375.